The maximum Gasteiger partial charge on any atom is 0.226 e. The maximum atomic E-state index is 11.5. The Bertz CT molecular complexity index is 723. The summed E-state index contributed by atoms with van der Waals surface area (Å²) in [4.78, 5) is 6.89. The van der Waals surface area contributed by atoms with Crippen molar-refractivity contribution in [3.05, 3.63) is 41.5 Å². The van der Waals surface area contributed by atoms with Gasteiger partial charge in [0.25, 0.3) is 0 Å². The number of benzene rings is 1. The molecule has 2 rings (SSSR count). The van der Waals surface area contributed by atoms with Gasteiger partial charge in [0, 0.05) is 19.2 Å². The first-order valence-electron chi connectivity index (χ1n) is 7.75. The van der Waals surface area contributed by atoms with E-state index in [2.05, 4.69) is 28.9 Å². The third-order valence-corrected chi connectivity index (χ3v) is 4.67. The molecule has 0 aliphatic carbocycles. The predicted octanol–water partition coefficient (Wildman–Crippen LogP) is 2.45. The minimum Gasteiger partial charge on any atom is -0.339 e. The fourth-order valence-corrected chi connectivity index (χ4v) is 2.88. The molecule has 2 aromatic rings. The van der Waals surface area contributed by atoms with Crippen LogP contribution in [0.5, 0.6) is 0 Å². The summed E-state index contributed by atoms with van der Waals surface area (Å²) in [5.74, 6) is 1.36. The van der Waals surface area contributed by atoms with E-state index in [0.717, 1.165) is 24.9 Å². The predicted molar refractivity (Wildman–Crippen MR) is 87.6 cm³/mol. The van der Waals surface area contributed by atoms with Crippen molar-refractivity contribution in [2.24, 2.45) is 0 Å². The van der Waals surface area contributed by atoms with Crippen LogP contribution in [-0.4, -0.2) is 36.3 Å². The van der Waals surface area contributed by atoms with Gasteiger partial charge in [-0.2, -0.15) is 4.98 Å². The fraction of sp³-hybridized carbons (Fsp3) is 0.500. The van der Waals surface area contributed by atoms with Gasteiger partial charge in [0.1, 0.15) is 0 Å². The summed E-state index contributed by atoms with van der Waals surface area (Å²) in [6, 6.07) is 6.98. The lowest BCUT2D eigenvalue weighted by atomic mass is 10.2. The van der Waals surface area contributed by atoms with Crippen molar-refractivity contribution >= 4 is 9.84 Å². The van der Waals surface area contributed by atoms with E-state index in [1.807, 2.05) is 12.1 Å². The van der Waals surface area contributed by atoms with Gasteiger partial charge in [0.05, 0.1) is 11.4 Å². The number of hydrogen-bond acceptors (Lipinski definition) is 6. The van der Waals surface area contributed by atoms with Gasteiger partial charge < -0.3 is 4.52 Å². The molecule has 0 N–H and O–H groups in total. The highest BCUT2D eigenvalue weighted by atomic mass is 32.2. The van der Waals surface area contributed by atoms with Crippen LogP contribution < -0.4 is 0 Å². The molecular formula is C16H23N3O3S. The van der Waals surface area contributed by atoms with Crippen molar-refractivity contribution in [3.63, 3.8) is 0 Å². The average molecular weight is 337 g/mol. The van der Waals surface area contributed by atoms with Gasteiger partial charge >= 0.3 is 0 Å². The topological polar surface area (TPSA) is 76.3 Å². The summed E-state index contributed by atoms with van der Waals surface area (Å²) in [6.45, 7) is 6.29. The zero-order valence-electron chi connectivity index (χ0n) is 13.8. The van der Waals surface area contributed by atoms with E-state index in [9.17, 15) is 8.42 Å². The maximum absolute atomic E-state index is 11.5. The average Bonchev–Trinajstić information content (AvgIpc) is 2.94. The number of nitrogens with zero attached hydrogens (tertiary/aromatic N) is 3. The lowest BCUT2D eigenvalue weighted by Crippen LogP contribution is -2.23. The molecule has 7 heteroatoms. The summed E-state index contributed by atoms with van der Waals surface area (Å²) < 4.78 is 28.2. The van der Waals surface area contributed by atoms with E-state index in [0.29, 0.717) is 29.7 Å². The normalized spacial score (nSPS) is 12.0. The van der Waals surface area contributed by atoms with Crippen LogP contribution in [0.2, 0.25) is 0 Å². The highest BCUT2D eigenvalue weighted by molar-refractivity contribution is 7.90. The lowest BCUT2D eigenvalue weighted by Gasteiger charge is -2.18. The van der Waals surface area contributed by atoms with Gasteiger partial charge in [0.2, 0.25) is 5.89 Å². The monoisotopic (exact) mass is 337 g/mol. The molecule has 1 aromatic heterocycles. The zero-order chi connectivity index (χ0) is 16.9. The number of aromatic nitrogens is 2. The van der Waals surface area contributed by atoms with Crippen LogP contribution >= 0.6 is 0 Å². The Morgan fingerprint density at radius 3 is 2.39 bits per heavy atom. The number of hydrogen-bond donors (Lipinski definition) is 0. The van der Waals surface area contributed by atoms with Crippen molar-refractivity contribution < 1.29 is 12.9 Å². The van der Waals surface area contributed by atoms with Crippen LogP contribution in [0, 0.1) is 0 Å². The molecule has 1 heterocycles. The minimum absolute atomic E-state index is 0.340. The molecule has 1 aromatic carbocycles. The molecule has 126 valence electrons. The zero-order valence-corrected chi connectivity index (χ0v) is 14.6. The van der Waals surface area contributed by atoms with E-state index in [4.69, 9.17) is 4.52 Å². The Morgan fingerprint density at radius 2 is 1.83 bits per heavy atom. The third-order valence-electron chi connectivity index (χ3n) is 3.54. The molecule has 0 saturated carbocycles. The molecule has 0 aliphatic rings. The number of sulfone groups is 1. The Balaban J connectivity index is 2.01. The Kier molecular flexibility index (Phi) is 5.90. The molecule has 6 nitrogen and oxygen atoms in total. The Labute approximate surface area is 137 Å². The molecule has 0 bridgehead atoms. The SMILES string of the molecule is CCCc1nc(CN(CC)Cc2ccc(S(C)(=O)=O)cc2)no1. The molecule has 0 saturated heterocycles. The highest BCUT2D eigenvalue weighted by Gasteiger charge is 2.12. The molecule has 0 unspecified atom stereocenters. The van der Waals surface area contributed by atoms with Crippen LogP contribution in [0.15, 0.2) is 33.7 Å². The molecule has 23 heavy (non-hydrogen) atoms. The summed E-state index contributed by atoms with van der Waals surface area (Å²) in [7, 11) is -3.15. The first kappa shape index (κ1) is 17.6. The van der Waals surface area contributed by atoms with Gasteiger partial charge in [-0.3, -0.25) is 4.90 Å². The van der Waals surface area contributed by atoms with E-state index >= 15 is 0 Å². The van der Waals surface area contributed by atoms with Crippen molar-refractivity contribution in [3.8, 4) is 0 Å². The minimum atomic E-state index is -3.15. The van der Waals surface area contributed by atoms with Gasteiger partial charge in [0.15, 0.2) is 15.7 Å². The largest absolute Gasteiger partial charge is 0.339 e. The molecule has 0 atom stereocenters. The second kappa shape index (κ2) is 7.70. The number of aryl methyl sites for hydroxylation is 1. The van der Waals surface area contributed by atoms with Crippen molar-refractivity contribution in [2.45, 2.75) is 44.7 Å². The van der Waals surface area contributed by atoms with Gasteiger partial charge in [-0.25, -0.2) is 8.42 Å². The van der Waals surface area contributed by atoms with Crippen LogP contribution in [0.3, 0.4) is 0 Å². The Hall–Kier alpha value is -1.73. The summed E-state index contributed by atoms with van der Waals surface area (Å²) in [5, 5.41) is 4.00. The smallest absolute Gasteiger partial charge is 0.226 e. The first-order valence-corrected chi connectivity index (χ1v) is 9.64. The van der Waals surface area contributed by atoms with Crippen molar-refractivity contribution in [1.82, 2.24) is 15.0 Å². The quantitative estimate of drug-likeness (QED) is 0.736. The van der Waals surface area contributed by atoms with Crippen LogP contribution in [-0.2, 0) is 29.3 Å². The first-order chi connectivity index (χ1) is 10.9. The van der Waals surface area contributed by atoms with E-state index in [1.165, 1.54) is 6.26 Å². The standard InChI is InChI=1S/C16H23N3O3S/c1-4-6-16-17-15(18-22-16)12-19(5-2)11-13-7-9-14(10-8-13)23(3,20)21/h7-10H,4-6,11-12H2,1-3H3. The van der Waals surface area contributed by atoms with Gasteiger partial charge in [-0.05, 0) is 30.7 Å². The van der Waals surface area contributed by atoms with Gasteiger partial charge in [-0.15, -0.1) is 0 Å². The molecule has 0 radical (unpaired) electrons. The molecule has 0 fully saturated rings. The van der Waals surface area contributed by atoms with E-state index in [-0.39, 0.29) is 0 Å². The van der Waals surface area contributed by atoms with Gasteiger partial charge in [-0.1, -0.05) is 31.1 Å². The molecule has 0 aliphatic heterocycles. The second-order valence-electron chi connectivity index (χ2n) is 5.57. The van der Waals surface area contributed by atoms with Crippen LogP contribution in [0.1, 0.15) is 37.5 Å². The summed E-state index contributed by atoms with van der Waals surface area (Å²) in [5.41, 5.74) is 1.05. The number of rotatable bonds is 8. The molecular weight excluding hydrogens is 314 g/mol. The van der Waals surface area contributed by atoms with Crippen LogP contribution in [0.25, 0.3) is 0 Å². The summed E-state index contributed by atoms with van der Waals surface area (Å²) >= 11 is 0. The van der Waals surface area contributed by atoms with Crippen LogP contribution in [0.4, 0.5) is 0 Å². The summed E-state index contributed by atoms with van der Waals surface area (Å²) in [6.07, 6.45) is 2.99. The second-order valence-corrected chi connectivity index (χ2v) is 7.59. The molecule has 0 amide bonds. The van der Waals surface area contributed by atoms with Crippen molar-refractivity contribution in [2.75, 3.05) is 12.8 Å². The third kappa shape index (κ3) is 5.14. The van der Waals surface area contributed by atoms with E-state index < -0.39 is 9.84 Å². The fourth-order valence-electron chi connectivity index (χ4n) is 2.25. The van der Waals surface area contributed by atoms with E-state index in [1.54, 1.807) is 12.1 Å². The lowest BCUT2D eigenvalue weighted by molar-refractivity contribution is 0.258. The highest BCUT2D eigenvalue weighted by Crippen LogP contribution is 2.13. The van der Waals surface area contributed by atoms with Crippen molar-refractivity contribution in [1.29, 1.82) is 0 Å². The Morgan fingerprint density at radius 1 is 1.13 bits per heavy atom. The molecule has 0 spiro atoms.